The maximum Gasteiger partial charge on any atom is 0.171 e. The van der Waals surface area contributed by atoms with Crippen LogP contribution in [0.3, 0.4) is 0 Å². The average molecular weight is 371 g/mol. The third-order valence-electron chi connectivity index (χ3n) is 5.52. The van der Waals surface area contributed by atoms with E-state index in [-0.39, 0.29) is 5.54 Å². The molecule has 4 rings (SSSR count). The molecule has 2 fully saturated rings. The molecule has 1 heterocycles. The maximum absolute atomic E-state index is 6.02. The predicted octanol–water partition coefficient (Wildman–Crippen LogP) is 5.36. The lowest BCUT2D eigenvalue weighted by Gasteiger charge is -2.29. The molecule has 138 valence electrons. The van der Waals surface area contributed by atoms with Gasteiger partial charge < -0.3 is 19.8 Å². The molecule has 1 aromatic carbocycles. The quantitative estimate of drug-likeness (QED) is 0.694. The molecule has 0 saturated heterocycles. The van der Waals surface area contributed by atoms with Crippen molar-refractivity contribution in [3.05, 3.63) is 48.4 Å². The highest BCUT2D eigenvalue weighted by Gasteiger charge is 2.38. The Morgan fingerprint density at radius 3 is 2.42 bits per heavy atom. The van der Waals surface area contributed by atoms with Gasteiger partial charge >= 0.3 is 0 Å². The number of nitrogens with one attached hydrogen (secondary N) is 2. The van der Waals surface area contributed by atoms with E-state index in [2.05, 4.69) is 10.6 Å². The van der Waals surface area contributed by atoms with Crippen molar-refractivity contribution >= 4 is 23.0 Å². The summed E-state index contributed by atoms with van der Waals surface area (Å²) in [4.78, 5) is 0. The van der Waals surface area contributed by atoms with Crippen LogP contribution < -0.4 is 15.4 Å². The Labute approximate surface area is 160 Å². The van der Waals surface area contributed by atoms with Gasteiger partial charge in [-0.15, -0.1) is 0 Å². The zero-order valence-corrected chi connectivity index (χ0v) is 15.8. The van der Waals surface area contributed by atoms with Crippen LogP contribution in [0.1, 0.15) is 57.1 Å². The van der Waals surface area contributed by atoms with Crippen LogP contribution in [0.25, 0.3) is 0 Å². The zero-order valence-electron chi connectivity index (χ0n) is 15.0. The number of benzene rings is 1. The molecule has 1 aromatic heterocycles. The summed E-state index contributed by atoms with van der Waals surface area (Å²) in [6.45, 7) is 0. The molecule has 0 radical (unpaired) electrons. The standard InChI is InChI=1S/C21H26N2O2S/c26-20(23-21(13-3-4-14-21)19-8-5-15-24-19)22-16-9-11-18(12-10-16)25-17-6-1-2-7-17/h5,8-12,15,17H,1-4,6-7,13-14H2,(H2,22,23,26). The van der Waals surface area contributed by atoms with Gasteiger partial charge in [-0.05, 0) is 87.1 Å². The minimum Gasteiger partial charge on any atom is -0.490 e. The van der Waals surface area contributed by atoms with E-state index < -0.39 is 0 Å². The predicted molar refractivity (Wildman–Crippen MR) is 108 cm³/mol. The second kappa shape index (κ2) is 7.70. The van der Waals surface area contributed by atoms with Crippen molar-refractivity contribution in [2.24, 2.45) is 0 Å². The van der Waals surface area contributed by atoms with E-state index in [1.54, 1.807) is 6.26 Å². The summed E-state index contributed by atoms with van der Waals surface area (Å²) in [5, 5.41) is 7.44. The monoisotopic (exact) mass is 370 g/mol. The van der Waals surface area contributed by atoms with E-state index in [4.69, 9.17) is 21.4 Å². The van der Waals surface area contributed by atoms with Crippen LogP contribution in [-0.4, -0.2) is 11.2 Å². The molecule has 0 bridgehead atoms. The largest absolute Gasteiger partial charge is 0.490 e. The Bertz CT molecular complexity index is 715. The number of ether oxygens (including phenoxy) is 1. The Morgan fingerprint density at radius 2 is 1.77 bits per heavy atom. The molecule has 2 aliphatic carbocycles. The fraction of sp³-hybridized carbons (Fsp3) is 0.476. The minimum atomic E-state index is -0.181. The SMILES string of the molecule is S=C(Nc1ccc(OC2CCCC2)cc1)NC1(c2ccco2)CCCC1. The first-order valence-corrected chi connectivity index (χ1v) is 10.0. The van der Waals surface area contributed by atoms with E-state index in [0.29, 0.717) is 11.2 Å². The van der Waals surface area contributed by atoms with E-state index in [1.165, 1.54) is 38.5 Å². The van der Waals surface area contributed by atoms with Gasteiger partial charge in [-0.1, -0.05) is 12.8 Å². The van der Waals surface area contributed by atoms with Crippen LogP contribution in [0.4, 0.5) is 5.69 Å². The normalized spacial score (nSPS) is 19.4. The number of furan rings is 1. The minimum absolute atomic E-state index is 0.181. The van der Waals surface area contributed by atoms with Gasteiger partial charge in [-0.25, -0.2) is 0 Å². The Hall–Kier alpha value is -2.01. The Morgan fingerprint density at radius 1 is 1.04 bits per heavy atom. The van der Waals surface area contributed by atoms with E-state index in [9.17, 15) is 0 Å². The van der Waals surface area contributed by atoms with Gasteiger partial charge in [-0.2, -0.15) is 0 Å². The second-order valence-electron chi connectivity index (χ2n) is 7.39. The van der Waals surface area contributed by atoms with E-state index >= 15 is 0 Å². The van der Waals surface area contributed by atoms with Gasteiger partial charge in [0, 0.05) is 5.69 Å². The van der Waals surface area contributed by atoms with Crippen molar-refractivity contribution in [2.45, 2.75) is 63.0 Å². The molecule has 5 heteroatoms. The Balaban J connectivity index is 1.36. The van der Waals surface area contributed by atoms with Crippen molar-refractivity contribution in [2.75, 3.05) is 5.32 Å². The van der Waals surface area contributed by atoms with Crippen molar-refractivity contribution in [3.8, 4) is 5.75 Å². The number of thiocarbonyl (C=S) groups is 1. The lowest BCUT2D eigenvalue weighted by Crippen LogP contribution is -2.45. The summed E-state index contributed by atoms with van der Waals surface area (Å²) in [5.41, 5.74) is 0.785. The molecule has 2 aromatic rings. The molecule has 4 nitrogen and oxygen atoms in total. The number of hydrogen-bond acceptors (Lipinski definition) is 3. The molecular weight excluding hydrogens is 344 g/mol. The van der Waals surface area contributed by atoms with E-state index in [1.807, 2.05) is 36.4 Å². The van der Waals surface area contributed by atoms with Crippen LogP contribution >= 0.6 is 12.2 Å². The highest BCUT2D eigenvalue weighted by atomic mass is 32.1. The van der Waals surface area contributed by atoms with Crippen LogP contribution in [0, 0.1) is 0 Å². The highest BCUT2D eigenvalue weighted by Crippen LogP contribution is 2.39. The van der Waals surface area contributed by atoms with Gasteiger partial charge in [0.2, 0.25) is 0 Å². The first-order valence-electron chi connectivity index (χ1n) is 9.63. The van der Waals surface area contributed by atoms with Gasteiger partial charge in [0.05, 0.1) is 17.9 Å². The number of hydrogen-bond donors (Lipinski definition) is 2. The first-order chi connectivity index (χ1) is 12.7. The fourth-order valence-corrected chi connectivity index (χ4v) is 4.47. The zero-order chi connectivity index (χ0) is 17.8. The summed E-state index contributed by atoms with van der Waals surface area (Å²) in [5.74, 6) is 1.91. The third kappa shape index (κ3) is 3.88. The summed E-state index contributed by atoms with van der Waals surface area (Å²) in [7, 11) is 0. The molecule has 0 unspecified atom stereocenters. The van der Waals surface area contributed by atoms with Crippen LogP contribution in [0.15, 0.2) is 47.1 Å². The van der Waals surface area contributed by atoms with E-state index in [0.717, 1.165) is 30.0 Å². The highest BCUT2D eigenvalue weighted by molar-refractivity contribution is 7.80. The molecule has 0 atom stereocenters. The topological polar surface area (TPSA) is 46.4 Å². The summed E-state index contributed by atoms with van der Waals surface area (Å²) < 4.78 is 11.7. The molecule has 26 heavy (non-hydrogen) atoms. The van der Waals surface area contributed by atoms with Crippen molar-refractivity contribution in [1.82, 2.24) is 5.32 Å². The van der Waals surface area contributed by atoms with Crippen molar-refractivity contribution in [3.63, 3.8) is 0 Å². The molecular formula is C21H26N2O2S. The molecule has 2 aliphatic rings. The van der Waals surface area contributed by atoms with Gasteiger partial charge in [0.1, 0.15) is 11.5 Å². The lowest BCUT2D eigenvalue weighted by atomic mass is 9.94. The summed E-state index contributed by atoms with van der Waals surface area (Å²) >= 11 is 5.57. The number of rotatable bonds is 5. The van der Waals surface area contributed by atoms with Crippen molar-refractivity contribution in [1.29, 1.82) is 0 Å². The number of anilines is 1. The molecule has 0 aliphatic heterocycles. The van der Waals surface area contributed by atoms with Crippen LogP contribution in [0.5, 0.6) is 5.75 Å². The first kappa shape index (κ1) is 17.4. The average Bonchev–Trinajstić information content (AvgIpc) is 3.39. The summed E-state index contributed by atoms with van der Waals surface area (Å²) in [6, 6.07) is 12.0. The molecule has 0 spiro atoms. The van der Waals surface area contributed by atoms with Crippen LogP contribution in [0.2, 0.25) is 0 Å². The van der Waals surface area contributed by atoms with Gasteiger partial charge in [0.25, 0.3) is 0 Å². The fourth-order valence-electron chi connectivity index (χ4n) is 4.16. The van der Waals surface area contributed by atoms with Gasteiger partial charge in [-0.3, -0.25) is 0 Å². The molecule has 2 saturated carbocycles. The smallest absolute Gasteiger partial charge is 0.171 e. The second-order valence-corrected chi connectivity index (χ2v) is 7.80. The lowest BCUT2D eigenvalue weighted by molar-refractivity contribution is 0.210. The van der Waals surface area contributed by atoms with Crippen LogP contribution in [-0.2, 0) is 5.54 Å². The third-order valence-corrected chi connectivity index (χ3v) is 5.72. The Kier molecular flexibility index (Phi) is 5.16. The van der Waals surface area contributed by atoms with Gasteiger partial charge in [0.15, 0.2) is 5.11 Å². The summed E-state index contributed by atoms with van der Waals surface area (Å²) in [6.07, 6.45) is 11.5. The molecule has 0 amide bonds. The van der Waals surface area contributed by atoms with Crippen molar-refractivity contribution < 1.29 is 9.15 Å². The maximum atomic E-state index is 6.02. The molecule has 2 N–H and O–H groups in total.